The van der Waals surface area contributed by atoms with E-state index in [1.807, 2.05) is 43.5 Å². The number of pyridine rings is 2. The molecule has 7 rings (SSSR count). The van der Waals surface area contributed by atoms with Gasteiger partial charge in [-0.3, -0.25) is 19.5 Å². The maximum atomic E-state index is 11.4. The third-order valence-electron chi connectivity index (χ3n) is 8.73. The smallest absolute Gasteiger partial charge is 0.307 e. The van der Waals surface area contributed by atoms with E-state index in [0.29, 0.717) is 52.9 Å². The number of aliphatic carboxylic acids is 1. The van der Waals surface area contributed by atoms with Crippen LogP contribution in [0.5, 0.6) is 0 Å². The van der Waals surface area contributed by atoms with Crippen molar-refractivity contribution in [3.8, 4) is 22.6 Å². The molecule has 0 spiro atoms. The molecule has 0 saturated carbocycles. The first-order valence-corrected chi connectivity index (χ1v) is 15.4. The van der Waals surface area contributed by atoms with Gasteiger partial charge in [0.15, 0.2) is 11.4 Å². The standard InChI is InChI=1S/C36H30ClN5O4/c1-20-26(5-3-7-28(20)35-41-31-15-22(19-43)14-29(37)33(31)46-35)27-6-4-8-30(21(27)2)40-34-32-24(9-11-38-34)13-23(16-39-32)17-42-12-10-25(18-42)36(44)45/h3-9,11,13-16,19,25H,10,12,17-18H2,1-2H3,(H,38,40)(H,44,45). The lowest BCUT2D eigenvalue weighted by atomic mass is 9.93. The van der Waals surface area contributed by atoms with Gasteiger partial charge in [-0.15, -0.1) is 0 Å². The Kier molecular flexibility index (Phi) is 7.72. The van der Waals surface area contributed by atoms with E-state index >= 15 is 0 Å². The van der Waals surface area contributed by atoms with E-state index in [9.17, 15) is 14.7 Å². The van der Waals surface area contributed by atoms with Crippen molar-refractivity contribution in [1.82, 2.24) is 19.9 Å². The molecule has 10 heteroatoms. The molecule has 0 amide bonds. The number of nitrogens with one attached hydrogen (secondary N) is 1. The van der Waals surface area contributed by atoms with Crippen LogP contribution in [0.2, 0.25) is 5.02 Å². The predicted octanol–water partition coefficient (Wildman–Crippen LogP) is 7.84. The second-order valence-corrected chi connectivity index (χ2v) is 12.1. The number of anilines is 2. The largest absolute Gasteiger partial charge is 0.481 e. The van der Waals surface area contributed by atoms with Crippen LogP contribution in [-0.2, 0) is 11.3 Å². The summed E-state index contributed by atoms with van der Waals surface area (Å²) in [5.41, 5.74) is 9.05. The molecule has 1 fully saturated rings. The number of aromatic nitrogens is 3. The minimum Gasteiger partial charge on any atom is -0.481 e. The van der Waals surface area contributed by atoms with Gasteiger partial charge in [-0.25, -0.2) is 9.97 Å². The van der Waals surface area contributed by atoms with E-state index in [1.165, 1.54) is 0 Å². The van der Waals surface area contributed by atoms with Crippen LogP contribution in [0.4, 0.5) is 11.5 Å². The van der Waals surface area contributed by atoms with Gasteiger partial charge in [0.25, 0.3) is 0 Å². The van der Waals surface area contributed by atoms with Crippen molar-refractivity contribution in [3.05, 3.63) is 100 Å². The highest BCUT2D eigenvalue weighted by Gasteiger charge is 2.28. The molecular weight excluding hydrogens is 602 g/mol. The number of oxazole rings is 1. The van der Waals surface area contributed by atoms with Crippen molar-refractivity contribution in [3.63, 3.8) is 0 Å². The number of carboxylic acids is 1. The van der Waals surface area contributed by atoms with Gasteiger partial charge in [-0.05, 0) is 91.0 Å². The number of carbonyl (C=O) groups is 2. The molecule has 1 aliphatic rings. The molecule has 0 bridgehead atoms. The molecule has 3 aromatic carbocycles. The number of hydrogen-bond donors (Lipinski definition) is 2. The van der Waals surface area contributed by atoms with Crippen LogP contribution in [0.25, 0.3) is 44.6 Å². The van der Waals surface area contributed by atoms with Gasteiger partial charge in [0, 0.05) is 47.7 Å². The molecule has 3 aromatic heterocycles. The maximum absolute atomic E-state index is 11.4. The number of rotatable bonds is 8. The Morgan fingerprint density at radius 2 is 1.85 bits per heavy atom. The Balaban J connectivity index is 1.18. The molecule has 0 aliphatic carbocycles. The van der Waals surface area contributed by atoms with Crippen LogP contribution in [0, 0.1) is 19.8 Å². The van der Waals surface area contributed by atoms with Crippen LogP contribution in [0.15, 0.2) is 77.5 Å². The van der Waals surface area contributed by atoms with Crippen molar-refractivity contribution < 1.29 is 19.1 Å². The zero-order chi connectivity index (χ0) is 31.9. The molecular formula is C36H30ClN5O4. The quantitative estimate of drug-likeness (QED) is 0.162. The Hall–Kier alpha value is -5.12. The molecule has 46 heavy (non-hydrogen) atoms. The fraction of sp³-hybridized carbons (Fsp3) is 0.194. The lowest BCUT2D eigenvalue weighted by Gasteiger charge is -2.17. The van der Waals surface area contributed by atoms with E-state index < -0.39 is 5.97 Å². The second-order valence-electron chi connectivity index (χ2n) is 11.7. The van der Waals surface area contributed by atoms with Crippen molar-refractivity contribution in [2.75, 3.05) is 18.4 Å². The van der Waals surface area contributed by atoms with Gasteiger partial charge in [0.05, 0.1) is 10.9 Å². The topological polar surface area (TPSA) is 121 Å². The molecule has 2 N–H and O–H groups in total. The van der Waals surface area contributed by atoms with Gasteiger partial charge < -0.3 is 14.8 Å². The molecule has 230 valence electrons. The fourth-order valence-electron chi connectivity index (χ4n) is 6.26. The van der Waals surface area contributed by atoms with Crippen LogP contribution < -0.4 is 5.32 Å². The monoisotopic (exact) mass is 631 g/mol. The maximum Gasteiger partial charge on any atom is 0.307 e. The summed E-state index contributed by atoms with van der Waals surface area (Å²) < 4.78 is 6.08. The first-order valence-electron chi connectivity index (χ1n) is 15.0. The Labute approximate surface area is 269 Å². The third kappa shape index (κ3) is 5.48. The molecule has 1 atom stereocenters. The van der Waals surface area contributed by atoms with E-state index in [-0.39, 0.29) is 5.92 Å². The van der Waals surface area contributed by atoms with Crippen molar-refractivity contribution in [1.29, 1.82) is 0 Å². The Morgan fingerprint density at radius 1 is 1.07 bits per heavy atom. The highest BCUT2D eigenvalue weighted by atomic mass is 35.5. The number of carboxylic acid groups (broad SMARTS) is 1. The zero-order valence-corrected chi connectivity index (χ0v) is 26.0. The van der Waals surface area contributed by atoms with E-state index in [4.69, 9.17) is 21.0 Å². The number of benzene rings is 3. The number of nitrogens with zero attached hydrogens (tertiary/aromatic N) is 4. The Bertz CT molecular complexity index is 2160. The van der Waals surface area contributed by atoms with E-state index in [2.05, 4.69) is 45.3 Å². The zero-order valence-electron chi connectivity index (χ0n) is 25.3. The molecule has 1 aliphatic heterocycles. The normalized spacial score (nSPS) is 15.1. The fourth-order valence-corrected chi connectivity index (χ4v) is 6.53. The summed E-state index contributed by atoms with van der Waals surface area (Å²) in [6.45, 7) is 6.09. The summed E-state index contributed by atoms with van der Waals surface area (Å²) in [5.74, 6) is 0.0484. The highest BCUT2D eigenvalue weighted by Crippen LogP contribution is 2.38. The third-order valence-corrected chi connectivity index (χ3v) is 9.01. The Morgan fingerprint density at radius 3 is 2.63 bits per heavy atom. The summed E-state index contributed by atoms with van der Waals surface area (Å²) >= 11 is 6.38. The van der Waals surface area contributed by atoms with Crippen LogP contribution >= 0.6 is 11.6 Å². The number of halogens is 1. The SMILES string of the molecule is Cc1c(Nc2nccc3cc(CN4CCC(C(=O)O)C4)cnc23)cccc1-c1cccc(-c2nc3cc(C=O)cc(Cl)c3o2)c1C. The molecule has 0 radical (unpaired) electrons. The average molecular weight is 632 g/mol. The summed E-state index contributed by atoms with van der Waals surface area (Å²) in [6.07, 6.45) is 5.03. The van der Waals surface area contributed by atoms with E-state index in [1.54, 1.807) is 18.3 Å². The van der Waals surface area contributed by atoms with Crippen molar-refractivity contribution >= 4 is 57.4 Å². The first kappa shape index (κ1) is 29.6. The summed E-state index contributed by atoms with van der Waals surface area (Å²) in [5, 5.41) is 14.2. The summed E-state index contributed by atoms with van der Waals surface area (Å²) in [7, 11) is 0. The molecule has 1 unspecified atom stereocenters. The minimum atomic E-state index is -0.730. The molecule has 4 heterocycles. The van der Waals surface area contributed by atoms with Crippen LogP contribution in [0.1, 0.15) is 33.5 Å². The van der Waals surface area contributed by atoms with Crippen LogP contribution in [-0.4, -0.2) is 50.3 Å². The number of fused-ring (bicyclic) bond motifs is 2. The van der Waals surface area contributed by atoms with Gasteiger partial charge in [0.1, 0.15) is 17.3 Å². The average Bonchev–Trinajstić information content (AvgIpc) is 3.70. The van der Waals surface area contributed by atoms with Crippen molar-refractivity contribution in [2.45, 2.75) is 26.8 Å². The van der Waals surface area contributed by atoms with Gasteiger partial charge >= 0.3 is 5.97 Å². The minimum absolute atomic E-state index is 0.308. The predicted molar refractivity (Wildman–Crippen MR) is 179 cm³/mol. The second kappa shape index (κ2) is 12.0. The van der Waals surface area contributed by atoms with Crippen molar-refractivity contribution in [2.24, 2.45) is 5.92 Å². The molecule has 1 saturated heterocycles. The number of hydrogen-bond acceptors (Lipinski definition) is 8. The first-order chi connectivity index (χ1) is 22.3. The molecule has 9 nitrogen and oxygen atoms in total. The lowest BCUT2D eigenvalue weighted by Crippen LogP contribution is -2.22. The summed E-state index contributed by atoms with van der Waals surface area (Å²) in [6, 6.07) is 19.4. The van der Waals surface area contributed by atoms with Crippen LogP contribution in [0.3, 0.4) is 0 Å². The lowest BCUT2D eigenvalue weighted by molar-refractivity contribution is -0.141. The number of likely N-dealkylation sites (tertiary alicyclic amines) is 1. The summed E-state index contributed by atoms with van der Waals surface area (Å²) in [4.78, 5) is 38.9. The highest BCUT2D eigenvalue weighted by molar-refractivity contribution is 6.35. The molecule has 6 aromatic rings. The van der Waals surface area contributed by atoms with Gasteiger partial charge in [0.2, 0.25) is 5.89 Å². The number of aldehydes is 1. The number of carbonyl (C=O) groups excluding carboxylic acids is 1. The van der Waals surface area contributed by atoms with E-state index in [0.717, 1.165) is 62.8 Å². The van der Waals surface area contributed by atoms with Gasteiger partial charge in [-0.1, -0.05) is 35.9 Å². The van der Waals surface area contributed by atoms with Gasteiger partial charge in [-0.2, -0.15) is 0 Å².